The smallest absolute Gasteiger partial charge is 0.314 e. The fourth-order valence-corrected chi connectivity index (χ4v) is 3.66. The molecule has 0 amide bonds. The monoisotopic (exact) mass is 407 g/mol. The van der Waals surface area contributed by atoms with Gasteiger partial charge in [0.2, 0.25) is 0 Å². The van der Waals surface area contributed by atoms with E-state index in [2.05, 4.69) is 23.2 Å². The summed E-state index contributed by atoms with van der Waals surface area (Å²) in [7, 11) is 4.58. The van der Waals surface area contributed by atoms with Gasteiger partial charge in [0, 0.05) is 19.6 Å². The summed E-state index contributed by atoms with van der Waals surface area (Å²) in [5.74, 6) is 0.153. The molecule has 3 aromatic rings. The van der Waals surface area contributed by atoms with Crippen LogP contribution >= 0.6 is 0 Å². The molecule has 7 nitrogen and oxygen atoms in total. The van der Waals surface area contributed by atoms with Crippen LogP contribution in [0, 0.1) is 11.3 Å². The number of hydrogen-bond donors (Lipinski definition) is 1. The van der Waals surface area contributed by atoms with Crippen molar-refractivity contribution in [1.29, 1.82) is 5.26 Å². The highest BCUT2D eigenvalue weighted by atomic mass is 16.5. The van der Waals surface area contributed by atoms with Crippen LogP contribution in [0.4, 0.5) is 0 Å². The first-order chi connectivity index (χ1) is 14.6. The Morgan fingerprint density at radius 3 is 2.57 bits per heavy atom. The zero-order valence-corrected chi connectivity index (χ0v) is 17.3. The molecule has 30 heavy (non-hydrogen) atoms. The molecule has 0 fully saturated rings. The lowest BCUT2D eigenvalue weighted by Crippen LogP contribution is -2.14. The molecule has 0 aliphatic rings. The molecule has 2 atom stereocenters. The number of carbonyl (C=O) groups is 1. The van der Waals surface area contributed by atoms with E-state index >= 15 is 0 Å². The minimum Gasteiger partial charge on any atom is -0.494 e. The number of benzene rings is 2. The molecule has 156 valence electrons. The number of carbonyl (C=O) groups excluding carboxylic acids is 1. The first-order valence-corrected chi connectivity index (χ1v) is 9.69. The van der Waals surface area contributed by atoms with Gasteiger partial charge in [-0.05, 0) is 23.6 Å². The Morgan fingerprint density at radius 1 is 1.17 bits per heavy atom. The molecule has 0 aliphatic heterocycles. The van der Waals surface area contributed by atoms with Crippen molar-refractivity contribution in [1.82, 2.24) is 9.97 Å². The predicted octanol–water partition coefficient (Wildman–Crippen LogP) is 3.91. The first-order valence-electron chi connectivity index (χ1n) is 9.69. The van der Waals surface area contributed by atoms with Crippen molar-refractivity contribution >= 4 is 17.0 Å². The molecule has 7 heteroatoms. The average molecular weight is 407 g/mol. The number of aromatic amines is 1. The van der Waals surface area contributed by atoms with Crippen LogP contribution in [-0.4, -0.2) is 43.9 Å². The summed E-state index contributed by atoms with van der Waals surface area (Å²) in [5.41, 5.74) is 3.04. The molecular formula is C23H25N3O4. The van der Waals surface area contributed by atoms with Crippen LogP contribution in [0.2, 0.25) is 0 Å². The fourth-order valence-electron chi connectivity index (χ4n) is 3.66. The summed E-state index contributed by atoms with van der Waals surface area (Å²) in [6, 6.07) is 15.7. The van der Waals surface area contributed by atoms with Gasteiger partial charge in [0.15, 0.2) is 0 Å². The summed E-state index contributed by atoms with van der Waals surface area (Å²) >= 11 is 0. The lowest BCUT2D eigenvalue weighted by atomic mass is 9.94. The van der Waals surface area contributed by atoms with E-state index < -0.39 is 11.9 Å². The van der Waals surface area contributed by atoms with Gasteiger partial charge < -0.3 is 19.2 Å². The van der Waals surface area contributed by atoms with E-state index in [4.69, 9.17) is 19.2 Å². The number of nitrogens with one attached hydrogen (secondary N) is 1. The third kappa shape index (κ3) is 4.29. The number of esters is 1. The number of fused-ring (bicyclic) bond motifs is 1. The Bertz CT molecular complexity index is 1040. The molecule has 0 aliphatic carbocycles. The van der Waals surface area contributed by atoms with E-state index in [1.54, 1.807) is 26.4 Å². The third-order valence-electron chi connectivity index (χ3n) is 5.18. The lowest BCUT2D eigenvalue weighted by Gasteiger charge is -2.14. The predicted molar refractivity (Wildman–Crippen MR) is 112 cm³/mol. The van der Waals surface area contributed by atoms with E-state index in [0.29, 0.717) is 29.0 Å². The second-order valence-electron chi connectivity index (χ2n) is 6.89. The van der Waals surface area contributed by atoms with Crippen LogP contribution in [0.15, 0.2) is 42.5 Å². The molecule has 0 spiro atoms. The number of nitriles is 1. The Kier molecular flexibility index (Phi) is 7.04. The van der Waals surface area contributed by atoms with E-state index in [1.165, 1.54) is 7.11 Å². The van der Waals surface area contributed by atoms with Crippen molar-refractivity contribution in [2.24, 2.45) is 0 Å². The van der Waals surface area contributed by atoms with Crippen LogP contribution < -0.4 is 4.74 Å². The Morgan fingerprint density at radius 2 is 1.93 bits per heavy atom. The number of H-pyrrole nitrogens is 1. The summed E-state index contributed by atoms with van der Waals surface area (Å²) in [5, 5.41) is 9.23. The Labute approximate surface area is 175 Å². The van der Waals surface area contributed by atoms with Crippen molar-refractivity contribution in [3.05, 3.63) is 59.4 Å². The molecule has 3 rings (SSSR count). The molecule has 1 aromatic heterocycles. The SMILES string of the molecule is COCCC(c1ccccc1)c1nc2c(C(CC#N)C(=O)OC)ccc(OC)c2[nH]1. The minimum absolute atomic E-state index is 0.00207. The molecule has 1 N–H and O–H groups in total. The minimum atomic E-state index is -0.723. The van der Waals surface area contributed by atoms with Gasteiger partial charge in [-0.15, -0.1) is 0 Å². The van der Waals surface area contributed by atoms with Gasteiger partial charge in [0.1, 0.15) is 17.1 Å². The molecule has 2 unspecified atom stereocenters. The van der Waals surface area contributed by atoms with Gasteiger partial charge in [0.05, 0.1) is 38.1 Å². The van der Waals surface area contributed by atoms with Gasteiger partial charge in [-0.3, -0.25) is 4.79 Å². The van der Waals surface area contributed by atoms with Crippen LogP contribution in [0.25, 0.3) is 11.0 Å². The largest absolute Gasteiger partial charge is 0.494 e. The number of aromatic nitrogens is 2. The van der Waals surface area contributed by atoms with Crippen LogP contribution in [0.5, 0.6) is 5.75 Å². The maximum atomic E-state index is 12.3. The highest BCUT2D eigenvalue weighted by molar-refractivity contribution is 5.90. The average Bonchev–Trinajstić information content (AvgIpc) is 3.22. The number of hydrogen-bond acceptors (Lipinski definition) is 6. The highest BCUT2D eigenvalue weighted by Crippen LogP contribution is 2.36. The summed E-state index contributed by atoms with van der Waals surface area (Å²) in [6.45, 7) is 0.569. The highest BCUT2D eigenvalue weighted by Gasteiger charge is 2.27. The first kappa shape index (κ1) is 21.3. The second kappa shape index (κ2) is 9.90. The number of methoxy groups -OCH3 is 3. The molecule has 1 heterocycles. The van der Waals surface area contributed by atoms with E-state index in [-0.39, 0.29) is 12.3 Å². The van der Waals surface area contributed by atoms with Gasteiger partial charge in [-0.1, -0.05) is 36.4 Å². The second-order valence-corrected chi connectivity index (χ2v) is 6.89. The Balaban J connectivity index is 2.17. The van der Waals surface area contributed by atoms with E-state index in [0.717, 1.165) is 17.8 Å². The maximum Gasteiger partial charge on any atom is 0.314 e. The number of imidazole rings is 1. The van der Waals surface area contributed by atoms with Crippen LogP contribution in [0.1, 0.15) is 41.6 Å². The quantitative estimate of drug-likeness (QED) is 0.540. The Hall–Kier alpha value is -3.37. The van der Waals surface area contributed by atoms with Crippen LogP contribution in [-0.2, 0) is 14.3 Å². The van der Waals surface area contributed by atoms with Gasteiger partial charge >= 0.3 is 5.97 Å². The summed E-state index contributed by atoms with van der Waals surface area (Å²) < 4.78 is 15.7. The van der Waals surface area contributed by atoms with Crippen molar-refractivity contribution in [2.75, 3.05) is 27.9 Å². The van der Waals surface area contributed by atoms with Crippen molar-refractivity contribution in [3.8, 4) is 11.8 Å². The number of rotatable bonds is 9. The summed E-state index contributed by atoms with van der Waals surface area (Å²) in [6.07, 6.45) is 0.735. The molecular weight excluding hydrogens is 382 g/mol. The standard InChI is InChI=1S/C23H25N3O4/c1-28-14-12-16(15-7-5-4-6-8-15)22-25-20-17(18(11-13-24)23(27)30-3)9-10-19(29-2)21(20)26-22/h4-10,16,18H,11-12,14H2,1-3H3,(H,25,26). The van der Waals surface area contributed by atoms with Gasteiger partial charge in [0.25, 0.3) is 0 Å². The van der Waals surface area contributed by atoms with Crippen molar-refractivity contribution < 1.29 is 19.0 Å². The maximum absolute atomic E-state index is 12.3. The number of nitrogens with zero attached hydrogens (tertiary/aromatic N) is 2. The lowest BCUT2D eigenvalue weighted by molar-refractivity contribution is -0.142. The fraction of sp³-hybridized carbons (Fsp3) is 0.348. The molecule has 0 radical (unpaired) electrons. The van der Waals surface area contributed by atoms with Crippen LogP contribution in [0.3, 0.4) is 0 Å². The third-order valence-corrected chi connectivity index (χ3v) is 5.18. The normalized spacial score (nSPS) is 12.9. The molecule has 2 aromatic carbocycles. The summed E-state index contributed by atoms with van der Waals surface area (Å²) in [4.78, 5) is 20.6. The zero-order chi connectivity index (χ0) is 21.5. The molecule has 0 saturated carbocycles. The van der Waals surface area contributed by atoms with E-state index in [9.17, 15) is 10.1 Å². The van der Waals surface area contributed by atoms with Crippen molar-refractivity contribution in [3.63, 3.8) is 0 Å². The molecule has 0 saturated heterocycles. The van der Waals surface area contributed by atoms with Crippen molar-refractivity contribution in [2.45, 2.75) is 24.7 Å². The topological polar surface area (TPSA) is 97.2 Å². The number of ether oxygens (including phenoxy) is 3. The van der Waals surface area contributed by atoms with Gasteiger partial charge in [-0.25, -0.2) is 4.98 Å². The van der Waals surface area contributed by atoms with Gasteiger partial charge in [-0.2, -0.15) is 5.26 Å². The molecule has 0 bridgehead atoms. The zero-order valence-electron chi connectivity index (χ0n) is 17.3. The van der Waals surface area contributed by atoms with E-state index in [1.807, 2.05) is 18.2 Å².